The lowest BCUT2D eigenvalue weighted by atomic mass is 10.2. The van der Waals surface area contributed by atoms with Crippen LogP contribution < -0.4 is 5.32 Å². The third-order valence-electron chi connectivity index (χ3n) is 2.49. The van der Waals surface area contributed by atoms with Crippen LogP contribution in [0, 0.1) is 0 Å². The number of benzene rings is 1. The Morgan fingerprint density at radius 3 is 2.78 bits per heavy atom. The number of thioether (sulfide) groups is 1. The molecule has 18 heavy (non-hydrogen) atoms. The van der Waals surface area contributed by atoms with Gasteiger partial charge in [-0.2, -0.15) is 16.8 Å². The van der Waals surface area contributed by atoms with Gasteiger partial charge in [0.15, 0.2) is 0 Å². The first-order valence-corrected chi connectivity index (χ1v) is 6.70. The van der Waals surface area contributed by atoms with E-state index in [1.165, 1.54) is 12.6 Å². The fraction of sp³-hybridized carbons (Fsp3) is 0.333. The summed E-state index contributed by atoms with van der Waals surface area (Å²) < 4.78 is 0. The van der Waals surface area contributed by atoms with Crippen LogP contribution in [-0.2, 0) is 15.4 Å². The molecule has 1 heterocycles. The highest BCUT2D eigenvalue weighted by atomic mass is 32.2. The highest BCUT2D eigenvalue weighted by molar-refractivity contribution is 7.98. The molecule has 1 atom stereocenters. The number of hydrogen-bond acceptors (Lipinski definition) is 4. The first-order valence-electron chi connectivity index (χ1n) is 5.54. The quantitative estimate of drug-likeness (QED) is 0.895. The van der Waals surface area contributed by atoms with Crippen LogP contribution in [0.15, 0.2) is 30.3 Å². The second kappa shape index (κ2) is 5.77. The van der Waals surface area contributed by atoms with Gasteiger partial charge in [0.1, 0.15) is 6.04 Å². The number of nitrogens with zero attached hydrogens (tertiary/aromatic N) is 1. The molecule has 1 N–H and O–H groups in total. The lowest BCUT2D eigenvalue weighted by Gasteiger charge is -2.27. The molecule has 0 aliphatic carbocycles. The van der Waals surface area contributed by atoms with Gasteiger partial charge in [-0.3, -0.25) is 0 Å². The largest absolute Gasteiger partial charge is 0.355 e. The number of urea groups is 1. The summed E-state index contributed by atoms with van der Waals surface area (Å²) in [6.45, 7) is 0. The summed E-state index contributed by atoms with van der Waals surface area (Å²) in [5, 5.41) is 3.50. The summed E-state index contributed by atoms with van der Waals surface area (Å²) in [4.78, 5) is 27.6. The maximum atomic E-state index is 11.5. The van der Waals surface area contributed by atoms with Crippen LogP contribution in [0.3, 0.4) is 0 Å². The van der Waals surface area contributed by atoms with Crippen LogP contribution in [0.25, 0.3) is 0 Å². The summed E-state index contributed by atoms with van der Waals surface area (Å²) in [5.74, 6) is 0.890. The zero-order valence-corrected chi connectivity index (χ0v) is 10.8. The smallest absolute Gasteiger partial charge is 0.335 e. The van der Waals surface area contributed by atoms with Crippen molar-refractivity contribution in [3.63, 3.8) is 0 Å². The van der Waals surface area contributed by atoms with Crippen LogP contribution in [0.1, 0.15) is 5.56 Å². The summed E-state index contributed by atoms with van der Waals surface area (Å²) in [6.07, 6.45) is 0. The maximum Gasteiger partial charge on any atom is 0.355 e. The minimum Gasteiger partial charge on any atom is -0.335 e. The Hall–Kier alpha value is -1.69. The van der Waals surface area contributed by atoms with Crippen LogP contribution >= 0.6 is 11.8 Å². The van der Waals surface area contributed by atoms with Crippen molar-refractivity contribution in [1.82, 2.24) is 10.4 Å². The SMILES string of the molecule is CN1OC(=O)[C@@H](CSCc2ccccc2)NC1=O. The van der Waals surface area contributed by atoms with E-state index in [2.05, 4.69) is 5.32 Å². The van der Waals surface area contributed by atoms with Crippen LogP contribution in [0.4, 0.5) is 4.79 Å². The Morgan fingerprint density at radius 2 is 2.06 bits per heavy atom. The first kappa shape index (κ1) is 12.8. The highest BCUT2D eigenvalue weighted by Gasteiger charge is 2.31. The summed E-state index contributed by atoms with van der Waals surface area (Å²) in [5.41, 5.74) is 1.19. The van der Waals surface area contributed by atoms with Gasteiger partial charge in [-0.15, -0.1) is 0 Å². The highest BCUT2D eigenvalue weighted by Crippen LogP contribution is 2.15. The van der Waals surface area contributed by atoms with Crippen molar-refractivity contribution >= 4 is 23.8 Å². The van der Waals surface area contributed by atoms with Gasteiger partial charge in [-0.25, -0.2) is 9.59 Å². The van der Waals surface area contributed by atoms with E-state index in [-0.39, 0.29) is 6.03 Å². The average Bonchev–Trinajstić information content (AvgIpc) is 2.37. The van der Waals surface area contributed by atoms with Gasteiger partial charge < -0.3 is 10.2 Å². The molecular formula is C12H14N2O3S. The van der Waals surface area contributed by atoms with Crippen molar-refractivity contribution < 1.29 is 14.4 Å². The molecule has 0 bridgehead atoms. The molecule has 0 aromatic heterocycles. The number of hydroxylamine groups is 2. The molecule has 0 radical (unpaired) electrons. The molecule has 2 amide bonds. The zero-order valence-electron chi connectivity index (χ0n) is 9.96. The normalized spacial score (nSPS) is 19.4. The standard InChI is InChI=1S/C12H14N2O3S/c1-14-12(16)13-10(11(15)17-14)8-18-7-9-5-3-2-4-6-9/h2-6,10H,7-8H2,1H3,(H,13,16)/t10-/m1/s1. The van der Waals surface area contributed by atoms with Crippen molar-refractivity contribution in [1.29, 1.82) is 0 Å². The molecular weight excluding hydrogens is 252 g/mol. The summed E-state index contributed by atoms with van der Waals surface area (Å²) >= 11 is 1.59. The van der Waals surface area contributed by atoms with Crippen LogP contribution in [-0.4, -0.2) is 35.9 Å². The third-order valence-corrected chi connectivity index (χ3v) is 3.60. The van der Waals surface area contributed by atoms with E-state index in [0.717, 1.165) is 10.8 Å². The second-order valence-electron chi connectivity index (χ2n) is 3.91. The Kier molecular flexibility index (Phi) is 4.09. The molecule has 0 spiro atoms. The van der Waals surface area contributed by atoms with E-state index in [9.17, 15) is 9.59 Å². The zero-order chi connectivity index (χ0) is 13.0. The van der Waals surface area contributed by atoms with Gasteiger partial charge in [0.25, 0.3) is 0 Å². The van der Waals surface area contributed by atoms with E-state index in [1.807, 2.05) is 30.3 Å². The lowest BCUT2D eigenvalue weighted by molar-refractivity contribution is -0.179. The van der Waals surface area contributed by atoms with Gasteiger partial charge >= 0.3 is 12.0 Å². The average molecular weight is 266 g/mol. The van der Waals surface area contributed by atoms with E-state index in [1.54, 1.807) is 11.8 Å². The van der Waals surface area contributed by atoms with Gasteiger partial charge in [0.2, 0.25) is 0 Å². The molecule has 1 aromatic rings. The molecule has 6 heteroatoms. The molecule has 1 aromatic carbocycles. The predicted octanol–water partition coefficient (Wildman–Crippen LogP) is 1.40. The molecule has 0 unspecified atom stereocenters. The predicted molar refractivity (Wildman–Crippen MR) is 68.8 cm³/mol. The van der Waals surface area contributed by atoms with E-state index >= 15 is 0 Å². The van der Waals surface area contributed by atoms with E-state index in [4.69, 9.17) is 4.84 Å². The Morgan fingerprint density at radius 1 is 1.33 bits per heavy atom. The number of rotatable bonds is 4. The molecule has 96 valence electrons. The molecule has 1 fully saturated rings. The van der Waals surface area contributed by atoms with Gasteiger partial charge in [-0.1, -0.05) is 30.3 Å². The molecule has 5 nitrogen and oxygen atoms in total. The Balaban J connectivity index is 1.80. The summed E-state index contributed by atoms with van der Waals surface area (Å²) in [7, 11) is 1.40. The van der Waals surface area contributed by atoms with Crippen molar-refractivity contribution in [2.45, 2.75) is 11.8 Å². The van der Waals surface area contributed by atoms with Crippen molar-refractivity contribution in [2.24, 2.45) is 0 Å². The molecule has 2 rings (SSSR count). The fourth-order valence-electron chi connectivity index (χ4n) is 1.52. The van der Waals surface area contributed by atoms with Crippen molar-refractivity contribution in [3.05, 3.63) is 35.9 Å². The van der Waals surface area contributed by atoms with Gasteiger partial charge in [-0.05, 0) is 5.56 Å². The Labute approximate surface area is 109 Å². The molecule has 1 aliphatic rings. The van der Waals surface area contributed by atoms with E-state index in [0.29, 0.717) is 5.75 Å². The number of carbonyl (C=O) groups excluding carboxylic acids is 2. The minimum absolute atomic E-state index is 0.389. The molecule has 1 aliphatic heterocycles. The number of amides is 2. The lowest BCUT2D eigenvalue weighted by Crippen LogP contribution is -2.55. The van der Waals surface area contributed by atoms with E-state index < -0.39 is 12.0 Å². The fourth-order valence-corrected chi connectivity index (χ4v) is 2.52. The number of nitrogens with one attached hydrogen (secondary N) is 1. The van der Waals surface area contributed by atoms with Gasteiger partial charge in [0, 0.05) is 11.5 Å². The number of carbonyl (C=O) groups is 2. The topological polar surface area (TPSA) is 58.6 Å². The third kappa shape index (κ3) is 3.16. The molecule has 1 saturated heterocycles. The van der Waals surface area contributed by atoms with Crippen LogP contribution in [0.2, 0.25) is 0 Å². The van der Waals surface area contributed by atoms with Crippen molar-refractivity contribution in [2.75, 3.05) is 12.8 Å². The first-order chi connectivity index (χ1) is 8.66. The minimum atomic E-state index is -0.567. The summed E-state index contributed by atoms with van der Waals surface area (Å²) in [6, 6.07) is 9.00. The van der Waals surface area contributed by atoms with Gasteiger partial charge in [0.05, 0.1) is 7.05 Å². The van der Waals surface area contributed by atoms with Crippen molar-refractivity contribution in [3.8, 4) is 0 Å². The monoisotopic (exact) mass is 266 g/mol. The second-order valence-corrected chi connectivity index (χ2v) is 4.94. The molecule has 0 saturated carbocycles. The Bertz CT molecular complexity index is 438. The van der Waals surface area contributed by atoms with Crippen LogP contribution in [0.5, 0.6) is 0 Å². The number of hydrogen-bond donors (Lipinski definition) is 1. The maximum absolute atomic E-state index is 11.5.